The highest BCUT2D eigenvalue weighted by Gasteiger charge is 2.35. The van der Waals surface area contributed by atoms with E-state index in [4.69, 9.17) is 4.74 Å². The Morgan fingerprint density at radius 2 is 2.17 bits per heavy atom. The number of carbonyl (C=O) groups excluding carboxylic acids is 1. The molecule has 0 spiro atoms. The number of nitrogens with zero attached hydrogens (tertiary/aromatic N) is 3. The normalized spacial score (nSPS) is 14.6. The molecule has 30 heavy (non-hydrogen) atoms. The Morgan fingerprint density at radius 1 is 1.30 bits per heavy atom. The quantitative estimate of drug-likeness (QED) is 0.472. The van der Waals surface area contributed by atoms with Crippen LogP contribution < -0.4 is 4.74 Å². The molecule has 0 saturated heterocycles. The molecule has 1 aliphatic carbocycles. The summed E-state index contributed by atoms with van der Waals surface area (Å²) in [5.74, 6) is 0.774. The Balaban J connectivity index is 1.42. The Labute approximate surface area is 181 Å². The monoisotopic (exact) mass is 419 g/mol. The van der Waals surface area contributed by atoms with E-state index in [-0.39, 0.29) is 11.9 Å². The number of amides is 1. The molecule has 4 rings (SSSR count). The molecule has 0 N–H and O–H groups in total. The van der Waals surface area contributed by atoms with Gasteiger partial charge >= 0.3 is 0 Å². The lowest BCUT2D eigenvalue weighted by atomic mass is 10.1. The van der Waals surface area contributed by atoms with Crippen LogP contribution >= 0.6 is 11.3 Å². The van der Waals surface area contributed by atoms with Gasteiger partial charge in [0.15, 0.2) is 0 Å². The number of pyridine rings is 1. The zero-order chi connectivity index (χ0) is 20.9. The van der Waals surface area contributed by atoms with Gasteiger partial charge in [-0.25, -0.2) is 4.98 Å². The lowest BCUT2D eigenvalue weighted by Crippen LogP contribution is -2.34. The summed E-state index contributed by atoms with van der Waals surface area (Å²) in [4.78, 5) is 23.8. The minimum absolute atomic E-state index is 0.0138. The van der Waals surface area contributed by atoms with Gasteiger partial charge in [0.05, 0.1) is 22.4 Å². The van der Waals surface area contributed by atoms with Crippen molar-refractivity contribution < 1.29 is 9.53 Å². The highest BCUT2D eigenvalue weighted by Crippen LogP contribution is 2.34. The molecule has 154 valence electrons. The summed E-state index contributed by atoms with van der Waals surface area (Å²) in [6, 6.07) is 13.8. The standard InChI is InChI=1S/C24H25N3O2S/c1-17(23-8-3-4-13-25-23)27(21-10-11-21)24(28)12-9-19-6-5-7-22(14-19)29-15-20-16-30-18(2)26-20/h3-9,12-14,16-17,21H,10-11,15H2,1-2H3/b12-9+. The van der Waals surface area contributed by atoms with Crippen molar-refractivity contribution in [3.63, 3.8) is 0 Å². The lowest BCUT2D eigenvalue weighted by molar-refractivity contribution is -0.128. The summed E-state index contributed by atoms with van der Waals surface area (Å²) < 4.78 is 5.85. The predicted octanol–water partition coefficient (Wildman–Crippen LogP) is 5.19. The average molecular weight is 420 g/mol. The number of rotatable bonds is 8. The zero-order valence-corrected chi connectivity index (χ0v) is 18.0. The van der Waals surface area contributed by atoms with Crippen LogP contribution in [0, 0.1) is 6.92 Å². The fourth-order valence-corrected chi connectivity index (χ4v) is 4.00. The SMILES string of the molecule is Cc1nc(COc2cccc(/C=C/C(=O)N(C3CC3)C(C)c3ccccn3)c2)cs1. The summed E-state index contributed by atoms with van der Waals surface area (Å²) in [5, 5.41) is 3.04. The van der Waals surface area contributed by atoms with Crippen molar-refractivity contribution in [3.8, 4) is 5.75 Å². The highest BCUT2D eigenvalue weighted by atomic mass is 32.1. The molecule has 2 aromatic heterocycles. The largest absolute Gasteiger partial charge is 0.487 e. The molecule has 1 aromatic carbocycles. The predicted molar refractivity (Wildman–Crippen MR) is 119 cm³/mol. The van der Waals surface area contributed by atoms with Gasteiger partial charge in [-0.15, -0.1) is 11.3 Å². The van der Waals surface area contributed by atoms with Gasteiger partial charge < -0.3 is 9.64 Å². The van der Waals surface area contributed by atoms with E-state index in [0.717, 1.165) is 40.6 Å². The van der Waals surface area contributed by atoms with Gasteiger partial charge in [0, 0.05) is 23.7 Å². The summed E-state index contributed by atoms with van der Waals surface area (Å²) >= 11 is 1.62. The first-order valence-corrected chi connectivity index (χ1v) is 11.0. The lowest BCUT2D eigenvalue weighted by Gasteiger charge is -2.28. The van der Waals surface area contributed by atoms with Crippen molar-refractivity contribution in [2.24, 2.45) is 0 Å². The smallest absolute Gasteiger partial charge is 0.247 e. The number of aryl methyl sites for hydroxylation is 1. The molecule has 1 saturated carbocycles. The van der Waals surface area contributed by atoms with Crippen LogP contribution in [0.3, 0.4) is 0 Å². The van der Waals surface area contributed by atoms with Gasteiger partial charge in [-0.05, 0) is 62.6 Å². The summed E-state index contributed by atoms with van der Waals surface area (Å²) in [5.41, 5.74) is 2.77. The maximum absolute atomic E-state index is 13.0. The van der Waals surface area contributed by atoms with E-state index in [1.54, 1.807) is 23.6 Å². The second-order valence-electron chi connectivity index (χ2n) is 7.46. The van der Waals surface area contributed by atoms with Crippen molar-refractivity contribution >= 4 is 23.3 Å². The van der Waals surface area contributed by atoms with Gasteiger partial charge in [0.1, 0.15) is 12.4 Å². The van der Waals surface area contributed by atoms with Gasteiger partial charge in [-0.2, -0.15) is 0 Å². The van der Waals surface area contributed by atoms with E-state index in [2.05, 4.69) is 9.97 Å². The van der Waals surface area contributed by atoms with Crippen molar-refractivity contribution in [3.05, 3.63) is 82.1 Å². The van der Waals surface area contributed by atoms with Crippen molar-refractivity contribution in [2.45, 2.75) is 45.4 Å². The molecule has 3 aromatic rings. The number of ether oxygens (including phenoxy) is 1. The van der Waals surface area contributed by atoms with E-state index in [1.165, 1.54) is 0 Å². The third-order valence-corrected chi connectivity index (χ3v) is 5.88. The molecule has 0 aliphatic heterocycles. The van der Waals surface area contributed by atoms with Gasteiger partial charge in [-0.3, -0.25) is 9.78 Å². The van der Waals surface area contributed by atoms with E-state index in [1.807, 2.05) is 72.7 Å². The molecule has 1 fully saturated rings. The number of thiazole rings is 1. The molecule has 5 nitrogen and oxygen atoms in total. The van der Waals surface area contributed by atoms with Crippen molar-refractivity contribution in [2.75, 3.05) is 0 Å². The number of hydrogen-bond acceptors (Lipinski definition) is 5. The Kier molecular flexibility index (Phi) is 6.23. The fourth-order valence-electron chi connectivity index (χ4n) is 3.40. The number of hydrogen-bond donors (Lipinski definition) is 0. The van der Waals surface area contributed by atoms with E-state index in [9.17, 15) is 4.79 Å². The molecule has 1 amide bonds. The van der Waals surface area contributed by atoms with Crippen LogP contribution in [0.2, 0.25) is 0 Å². The van der Waals surface area contributed by atoms with Crippen LogP contribution in [0.1, 0.15) is 47.8 Å². The molecule has 6 heteroatoms. The van der Waals surface area contributed by atoms with Crippen LogP contribution in [0.5, 0.6) is 5.75 Å². The first-order chi connectivity index (χ1) is 14.6. The first-order valence-electron chi connectivity index (χ1n) is 10.2. The fraction of sp³-hybridized carbons (Fsp3) is 0.292. The minimum atomic E-state index is -0.0490. The van der Waals surface area contributed by atoms with Gasteiger partial charge in [0.2, 0.25) is 5.91 Å². The second kappa shape index (κ2) is 9.22. The number of benzene rings is 1. The molecule has 0 radical (unpaired) electrons. The molecular formula is C24H25N3O2S. The highest BCUT2D eigenvalue weighted by molar-refractivity contribution is 7.09. The second-order valence-corrected chi connectivity index (χ2v) is 8.52. The van der Waals surface area contributed by atoms with Gasteiger partial charge in [0.25, 0.3) is 0 Å². The summed E-state index contributed by atoms with van der Waals surface area (Å²) in [6.45, 7) is 4.46. The Bertz CT molecular complexity index is 1030. The third-order valence-electron chi connectivity index (χ3n) is 5.06. The molecule has 1 atom stereocenters. The average Bonchev–Trinajstić information content (AvgIpc) is 3.51. The Hall–Kier alpha value is -2.99. The zero-order valence-electron chi connectivity index (χ0n) is 17.2. The van der Waals surface area contributed by atoms with E-state index >= 15 is 0 Å². The minimum Gasteiger partial charge on any atom is -0.487 e. The Morgan fingerprint density at radius 3 is 2.87 bits per heavy atom. The number of carbonyl (C=O) groups is 1. The van der Waals surface area contributed by atoms with Crippen LogP contribution in [0.4, 0.5) is 0 Å². The summed E-state index contributed by atoms with van der Waals surface area (Å²) in [6.07, 6.45) is 7.38. The third kappa shape index (κ3) is 5.13. The topological polar surface area (TPSA) is 55.3 Å². The maximum Gasteiger partial charge on any atom is 0.247 e. The number of aromatic nitrogens is 2. The molecular weight excluding hydrogens is 394 g/mol. The van der Waals surface area contributed by atoms with Crippen LogP contribution in [-0.2, 0) is 11.4 Å². The molecule has 1 aliphatic rings. The first kappa shape index (κ1) is 20.3. The molecule has 2 heterocycles. The van der Waals surface area contributed by atoms with Crippen LogP contribution in [-0.4, -0.2) is 26.8 Å². The van der Waals surface area contributed by atoms with Crippen molar-refractivity contribution in [1.82, 2.24) is 14.9 Å². The summed E-state index contributed by atoms with van der Waals surface area (Å²) in [7, 11) is 0. The molecule has 1 unspecified atom stereocenters. The van der Waals surface area contributed by atoms with Gasteiger partial charge in [-0.1, -0.05) is 18.2 Å². The maximum atomic E-state index is 13.0. The van der Waals surface area contributed by atoms with Crippen molar-refractivity contribution in [1.29, 1.82) is 0 Å². The van der Waals surface area contributed by atoms with Crippen LogP contribution in [0.15, 0.2) is 60.1 Å². The van der Waals surface area contributed by atoms with E-state index in [0.29, 0.717) is 12.6 Å². The molecule has 0 bridgehead atoms. The van der Waals surface area contributed by atoms with E-state index < -0.39 is 0 Å². The van der Waals surface area contributed by atoms with Crippen LogP contribution in [0.25, 0.3) is 6.08 Å².